The molecule has 7 atom stereocenters. The molecule has 228 valence electrons. The number of likely N-dealkylation sites (tertiary alicyclic amines) is 2. The Morgan fingerprint density at radius 3 is 2.90 bits per heavy atom. The molecule has 5 rings (SSSR count). The molecule has 0 spiro atoms. The highest BCUT2D eigenvalue weighted by Crippen LogP contribution is 2.18. The molecule has 5 heterocycles. The second kappa shape index (κ2) is 14.3. The van der Waals surface area contributed by atoms with E-state index < -0.39 is 6.10 Å². The molecule has 12 heteroatoms. The molecular weight excluding hydrogens is 524 g/mol. The van der Waals surface area contributed by atoms with E-state index in [4.69, 9.17) is 14.1 Å². The summed E-state index contributed by atoms with van der Waals surface area (Å²) in [6, 6.07) is 0.644. The first-order chi connectivity index (χ1) is 19.8. The maximum Gasteiger partial charge on any atom is 0.486 e. The van der Waals surface area contributed by atoms with Crippen LogP contribution in [0.5, 0.6) is 0 Å². The molecular formula is C29H49N8O4+. The SMILES string of the molecule is C=C(NC[C@H](O)CN1CCC2=[N+]=C(OCC3OCNC3C)C=CC2C1)C1CC(NC2CCN([C@@H](C)O)CC2)NC=N1. The summed E-state index contributed by atoms with van der Waals surface area (Å²) in [4.78, 5) is 8.99. The van der Waals surface area contributed by atoms with Crippen LogP contribution in [0.25, 0.3) is 0 Å². The first-order valence-electron chi connectivity index (χ1n) is 15.2. The molecule has 12 nitrogen and oxygen atoms in total. The van der Waals surface area contributed by atoms with Crippen molar-refractivity contribution in [3.8, 4) is 0 Å². The van der Waals surface area contributed by atoms with Gasteiger partial charge in [0, 0.05) is 63.5 Å². The summed E-state index contributed by atoms with van der Waals surface area (Å²) in [6.07, 6.45) is 8.86. The van der Waals surface area contributed by atoms with Crippen molar-refractivity contribution < 1.29 is 19.7 Å². The molecule has 0 bridgehead atoms. The Bertz CT molecular complexity index is 1020. The van der Waals surface area contributed by atoms with Gasteiger partial charge in [-0.3, -0.25) is 25.4 Å². The van der Waals surface area contributed by atoms with Crippen molar-refractivity contribution in [2.45, 2.75) is 82.3 Å². The van der Waals surface area contributed by atoms with Crippen LogP contribution in [0, 0.1) is 5.92 Å². The molecule has 41 heavy (non-hydrogen) atoms. The van der Waals surface area contributed by atoms with Crippen LogP contribution in [0.4, 0.5) is 0 Å². The lowest BCUT2D eigenvalue weighted by molar-refractivity contribution is 0.0000464. The van der Waals surface area contributed by atoms with Gasteiger partial charge in [-0.2, -0.15) is 0 Å². The Morgan fingerprint density at radius 1 is 1.32 bits per heavy atom. The van der Waals surface area contributed by atoms with E-state index >= 15 is 0 Å². The van der Waals surface area contributed by atoms with Crippen molar-refractivity contribution in [2.75, 3.05) is 52.6 Å². The molecule has 5 unspecified atom stereocenters. The average molecular weight is 574 g/mol. The maximum absolute atomic E-state index is 10.8. The van der Waals surface area contributed by atoms with E-state index in [0.29, 0.717) is 38.4 Å². The van der Waals surface area contributed by atoms with Gasteiger partial charge in [0.05, 0.1) is 49.8 Å². The topological polar surface area (TPSA) is 140 Å². The van der Waals surface area contributed by atoms with Crippen LogP contribution < -0.4 is 25.9 Å². The molecule has 0 aliphatic carbocycles. The number of nitrogens with zero attached hydrogens (tertiary/aromatic N) is 4. The van der Waals surface area contributed by atoms with Gasteiger partial charge in [-0.05, 0) is 26.7 Å². The van der Waals surface area contributed by atoms with Crippen molar-refractivity contribution in [3.63, 3.8) is 0 Å². The number of aliphatic hydroxyl groups is 2. The first kappa shape index (κ1) is 30.2. The van der Waals surface area contributed by atoms with Crippen molar-refractivity contribution in [3.05, 3.63) is 24.4 Å². The van der Waals surface area contributed by atoms with E-state index in [0.717, 1.165) is 63.3 Å². The summed E-state index contributed by atoms with van der Waals surface area (Å²) in [6.45, 7) is 13.8. The van der Waals surface area contributed by atoms with Crippen LogP contribution in [0.15, 0.2) is 29.4 Å². The molecule has 3 saturated heterocycles. The van der Waals surface area contributed by atoms with Gasteiger partial charge in [-0.1, -0.05) is 17.3 Å². The molecule has 0 amide bonds. The number of hydrogen-bond acceptors (Lipinski definition) is 11. The van der Waals surface area contributed by atoms with Gasteiger partial charge >= 0.3 is 5.90 Å². The number of β-amino-alcohol motifs (C(OH)–C–C–N with tert-alkyl or cyclic N) is 1. The first-order valence-corrected chi connectivity index (χ1v) is 15.2. The molecule has 5 aliphatic rings. The minimum absolute atomic E-state index is 0.0481. The standard InChI is InChI=1S/C29H49N8O4/c1-19(26-12-28(32-17-31-26)34-23-6-10-37(11-7-23)21(3)38)30-13-24(39)15-36-9-8-25-22(14-36)4-5-29(35-25)40-16-27-20(2)33-18-41-27/h4-5,17,20-24,26-28,30,33-34,38-39H,1,6-16,18H2,2-3H3,(H,31,32)/q+1/t20?,21-,22?,24+,26?,27?,28?/m1/s1. The molecule has 0 aromatic heterocycles. The Balaban J connectivity index is 1.00. The predicted octanol–water partition coefficient (Wildman–Crippen LogP) is -1.29. The Morgan fingerprint density at radius 2 is 2.15 bits per heavy atom. The van der Waals surface area contributed by atoms with Gasteiger partial charge in [0.1, 0.15) is 18.9 Å². The van der Waals surface area contributed by atoms with Gasteiger partial charge in [0.2, 0.25) is 0 Å². The summed E-state index contributed by atoms with van der Waals surface area (Å²) in [5, 5.41) is 34.2. The van der Waals surface area contributed by atoms with E-state index in [2.05, 4.69) is 55.6 Å². The van der Waals surface area contributed by atoms with Crippen LogP contribution in [0.2, 0.25) is 0 Å². The smallest absolute Gasteiger partial charge is 0.429 e. The second-order valence-corrected chi connectivity index (χ2v) is 12.0. The van der Waals surface area contributed by atoms with Crippen molar-refractivity contribution >= 4 is 17.9 Å². The lowest BCUT2D eigenvalue weighted by atomic mass is 9.93. The third-order valence-electron chi connectivity index (χ3n) is 8.87. The van der Waals surface area contributed by atoms with Gasteiger partial charge in [0.25, 0.3) is 5.71 Å². The average Bonchev–Trinajstić information content (AvgIpc) is 3.39. The number of ether oxygens (including phenoxy) is 2. The zero-order chi connectivity index (χ0) is 28.8. The largest absolute Gasteiger partial charge is 0.486 e. The number of rotatable bonds is 11. The zero-order valence-corrected chi connectivity index (χ0v) is 24.5. The highest BCUT2D eigenvalue weighted by atomic mass is 16.5. The number of aliphatic hydroxyl groups excluding tert-OH is 2. The summed E-state index contributed by atoms with van der Waals surface area (Å²) >= 11 is 0. The summed E-state index contributed by atoms with van der Waals surface area (Å²) in [5.41, 5.74) is 1.98. The summed E-state index contributed by atoms with van der Waals surface area (Å²) < 4.78 is 16.3. The summed E-state index contributed by atoms with van der Waals surface area (Å²) in [5.74, 6) is 0.914. The van der Waals surface area contributed by atoms with Crippen LogP contribution in [-0.4, -0.2) is 133 Å². The van der Waals surface area contributed by atoms with Crippen LogP contribution in [0.1, 0.15) is 39.5 Å². The number of hydrogen-bond donors (Lipinski definition) is 6. The van der Waals surface area contributed by atoms with E-state index in [9.17, 15) is 10.2 Å². The van der Waals surface area contributed by atoms with Gasteiger partial charge < -0.3 is 30.3 Å². The third kappa shape index (κ3) is 8.39. The molecule has 0 aromatic rings. The Kier molecular flexibility index (Phi) is 10.5. The second-order valence-electron chi connectivity index (χ2n) is 12.0. The fraction of sp³-hybridized carbons (Fsp3) is 0.759. The fourth-order valence-corrected chi connectivity index (χ4v) is 6.17. The predicted molar refractivity (Wildman–Crippen MR) is 161 cm³/mol. The minimum atomic E-state index is -0.510. The van der Waals surface area contributed by atoms with Crippen molar-refractivity contribution in [1.29, 1.82) is 0 Å². The van der Waals surface area contributed by atoms with E-state index in [1.54, 1.807) is 6.34 Å². The quantitative estimate of drug-likeness (QED) is 0.166. The Hall–Kier alpha value is -2.28. The number of piperidine rings is 2. The normalized spacial score (nSPS) is 32.4. The number of nitrogens with one attached hydrogen (secondary N) is 4. The molecule has 0 saturated carbocycles. The summed E-state index contributed by atoms with van der Waals surface area (Å²) in [7, 11) is 0. The highest BCUT2D eigenvalue weighted by Gasteiger charge is 2.35. The molecule has 0 aromatic carbocycles. The number of aliphatic imine (C=N–C) groups is 1. The molecule has 5 aliphatic heterocycles. The van der Waals surface area contributed by atoms with Crippen LogP contribution in [-0.2, 0) is 9.47 Å². The molecule has 6 N–H and O–H groups in total. The third-order valence-corrected chi connectivity index (χ3v) is 8.87. The monoisotopic (exact) mass is 573 g/mol. The van der Waals surface area contributed by atoms with Crippen LogP contribution in [0.3, 0.4) is 0 Å². The lowest BCUT2D eigenvalue weighted by Crippen LogP contribution is -2.54. The van der Waals surface area contributed by atoms with E-state index in [1.165, 1.54) is 0 Å². The minimum Gasteiger partial charge on any atom is -0.429 e. The number of fused-ring (bicyclic) bond motifs is 1. The van der Waals surface area contributed by atoms with E-state index in [1.807, 2.05) is 13.0 Å². The fourth-order valence-electron chi connectivity index (χ4n) is 6.17. The van der Waals surface area contributed by atoms with Crippen molar-refractivity contribution in [2.24, 2.45) is 10.9 Å². The Labute approximate surface area is 243 Å². The van der Waals surface area contributed by atoms with Crippen LogP contribution >= 0.6 is 0 Å². The van der Waals surface area contributed by atoms with Gasteiger partial charge in [0.15, 0.2) is 0 Å². The van der Waals surface area contributed by atoms with E-state index in [-0.39, 0.29) is 36.5 Å². The lowest BCUT2D eigenvalue weighted by Gasteiger charge is -2.37. The molecule has 3 fully saturated rings. The highest BCUT2D eigenvalue weighted by molar-refractivity contribution is 5.99. The molecule has 0 radical (unpaired) electrons. The van der Waals surface area contributed by atoms with Crippen molar-refractivity contribution in [1.82, 2.24) is 35.7 Å². The maximum atomic E-state index is 10.8. The zero-order valence-electron chi connectivity index (χ0n) is 24.5. The van der Waals surface area contributed by atoms with Gasteiger partial charge in [-0.15, -0.1) is 0 Å². The van der Waals surface area contributed by atoms with Gasteiger partial charge in [-0.25, -0.2) is 0 Å².